The monoisotopic (exact) mass is 423 g/mol. The van der Waals surface area contributed by atoms with Gasteiger partial charge in [0.25, 0.3) is 0 Å². The van der Waals surface area contributed by atoms with Gasteiger partial charge in [0, 0.05) is 18.4 Å². The number of aromatic nitrogens is 2. The lowest BCUT2D eigenvalue weighted by Crippen LogP contribution is -2.39. The number of hydrogen-bond donors (Lipinski definition) is 2. The fraction of sp³-hybridized carbons (Fsp3) is 0.450. The molecule has 2 heterocycles. The predicted molar refractivity (Wildman–Crippen MR) is 106 cm³/mol. The van der Waals surface area contributed by atoms with Gasteiger partial charge in [0.2, 0.25) is 11.8 Å². The second-order valence-electron chi connectivity index (χ2n) is 7.58. The lowest BCUT2D eigenvalue weighted by atomic mass is 10.0. The van der Waals surface area contributed by atoms with Crippen LogP contribution in [0.4, 0.5) is 24.5 Å². The van der Waals surface area contributed by atoms with Crippen LogP contribution in [0.3, 0.4) is 0 Å². The van der Waals surface area contributed by atoms with E-state index in [0.717, 1.165) is 31.6 Å². The molecule has 1 aliphatic rings. The molecule has 0 bridgehead atoms. The van der Waals surface area contributed by atoms with Crippen molar-refractivity contribution in [2.24, 2.45) is 5.92 Å². The van der Waals surface area contributed by atoms with Gasteiger partial charge in [-0.25, -0.2) is 0 Å². The Morgan fingerprint density at radius 2 is 1.90 bits per heavy atom. The molecular weight excluding hydrogens is 399 g/mol. The molecule has 3 rings (SSSR count). The number of nitrogens with zero attached hydrogens (tertiary/aromatic N) is 3. The van der Waals surface area contributed by atoms with Crippen molar-refractivity contribution in [2.45, 2.75) is 32.5 Å². The highest BCUT2D eigenvalue weighted by atomic mass is 19.4. The molecule has 162 valence electrons. The smallest absolute Gasteiger partial charge is 0.324 e. The van der Waals surface area contributed by atoms with Crippen LogP contribution >= 0.6 is 0 Å². The van der Waals surface area contributed by atoms with E-state index in [0.29, 0.717) is 18.2 Å². The second kappa shape index (κ2) is 9.29. The van der Waals surface area contributed by atoms with Crippen LogP contribution in [0.1, 0.15) is 25.3 Å². The predicted octanol–water partition coefficient (Wildman–Crippen LogP) is 3.21. The van der Waals surface area contributed by atoms with E-state index in [4.69, 9.17) is 0 Å². The molecule has 0 radical (unpaired) electrons. The number of nitrogens with one attached hydrogen (secondary N) is 2. The summed E-state index contributed by atoms with van der Waals surface area (Å²) in [6.45, 7) is 4.05. The minimum Gasteiger partial charge on any atom is -0.324 e. The zero-order valence-corrected chi connectivity index (χ0v) is 16.6. The van der Waals surface area contributed by atoms with Crippen LogP contribution in [0.5, 0.6) is 0 Å². The van der Waals surface area contributed by atoms with E-state index in [1.54, 1.807) is 0 Å². The average Bonchev–Trinajstić information content (AvgIpc) is 3.07. The molecule has 2 amide bonds. The summed E-state index contributed by atoms with van der Waals surface area (Å²) in [6.07, 6.45) is 0.694. The van der Waals surface area contributed by atoms with Gasteiger partial charge in [-0.2, -0.15) is 18.3 Å². The molecule has 1 aliphatic heterocycles. The van der Waals surface area contributed by atoms with Gasteiger partial charge in [-0.05, 0) is 43.5 Å². The van der Waals surface area contributed by atoms with E-state index in [-0.39, 0.29) is 18.1 Å². The highest BCUT2D eigenvalue weighted by Gasteiger charge is 2.30. The summed E-state index contributed by atoms with van der Waals surface area (Å²) < 4.78 is 39.6. The van der Waals surface area contributed by atoms with Crippen LogP contribution in [0.15, 0.2) is 36.7 Å². The van der Waals surface area contributed by atoms with Gasteiger partial charge in [0.05, 0.1) is 24.0 Å². The van der Waals surface area contributed by atoms with Crippen molar-refractivity contribution in [1.82, 2.24) is 14.7 Å². The Kier molecular flexibility index (Phi) is 6.76. The maximum atomic E-state index is 12.8. The van der Waals surface area contributed by atoms with E-state index in [9.17, 15) is 22.8 Å². The molecule has 1 fully saturated rings. The van der Waals surface area contributed by atoms with E-state index >= 15 is 0 Å². The second-order valence-corrected chi connectivity index (χ2v) is 7.58. The zero-order chi connectivity index (χ0) is 21.7. The number of alkyl halides is 3. The number of hydrogen-bond acceptors (Lipinski definition) is 4. The third-order valence-corrected chi connectivity index (χ3v) is 4.80. The number of anilines is 2. The summed E-state index contributed by atoms with van der Waals surface area (Å²) in [7, 11) is 0. The molecule has 0 spiro atoms. The molecule has 2 N–H and O–H groups in total. The molecule has 1 aromatic heterocycles. The van der Waals surface area contributed by atoms with Crippen molar-refractivity contribution in [3.05, 3.63) is 42.2 Å². The lowest BCUT2D eigenvalue weighted by molar-refractivity contribution is -0.137. The van der Waals surface area contributed by atoms with Crippen molar-refractivity contribution in [3.8, 4) is 0 Å². The van der Waals surface area contributed by atoms with Crippen molar-refractivity contribution < 1.29 is 22.8 Å². The SMILES string of the molecule is CC1CCCN(CC(=O)Nc2cnn(CC(=O)Nc3cccc(C(F)(F)F)c3)c2)C1. The molecular formula is C20H24F3N5O2. The minimum atomic E-state index is -4.48. The Balaban J connectivity index is 1.50. The van der Waals surface area contributed by atoms with Gasteiger partial charge in [-0.3, -0.25) is 19.2 Å². The van der Waals surface area contributed by atoms with Crippen LogP contribution in [-0.2, 0) is 22.3 Å². The lowest BCUT2D eigenvalue weighted by Gasteiger charge is -2.30. The number of likely N-dealkylation sites (tertiary alicyclic amines) is 1. The molecule has 30 heavy (non-hydrogen) atoms. The summed E-state index contributed by atoms with van der Waals surface area (Å²) in [6, 6.07) is 4.41. The Morgan fingerprint density at radius 3 is 2.63 bits per heavy atom. The highest BCUT2D eigenvalue weighted by Crippen LogP contribution is 2.30. The fourth-order valence-corrected chi connectivity index (χ4v) is 3.47. The molecule has 0 aliphatic carbocycles. The fourth-order valence-electron chi connectivity index (χ4n) is 3.47. The average molecular weight is 423 g/mol. The molecule has 7 nitrogen and oxygen atoms in total. The molecule has 10 heteroatoms. The quantitative estimate of drug-likeness (QED) is 0.748. The first-order valence-corrected chi connectivity index (χ1v) is 9.71. The highest BCUT2D eigenvalue weighted by molar-refractivity contribution is 5.92. The van der Waals surface area contributed by atoms with Crippen LogP contribution in [-0.4, -0.2) is 46.1 Å². The maximum absolute atomic E-state index is 12.8. The summed E-state index contributed by atoms with van der Waals surface area (Å²) >= 11 is 0. The first kappa shape index (κ1) is 21.8. The van der Waals surface area contributed by atoms with Crippen LogP contribution < -0.4 is 10.6 Å². The topological polar surface area (TPSA) is 79.3 Å². The van der Waals surface area contributed by atoms with Crippen LogP contribution in [0, 0.1) is 5.92 Å². The summed E-state index contributed by atoms with van der Waals surface area (Å²) in [5, 5.41) is 9.18. The minimum absolute atomic E-state index is 0.0475. The number of benzene rings is 1. The summed E-state index contributed by atoms with van der Waals surface area (Å²) in [5.74, 6) is -0.112. The maximum Gasteiger partial charge on any atom is 0.416 e. The van der Waals surface area contributed by atoms with E-state index in [1.165, 1.54) is 35.6 Å². The van der Waals surface area contributed by atoms with Gasteiger partial charge in [0.1, 0.15) is 6.54 Å². The number of carbonyl (C=O) groups is 2. The summed E-state index contributed by atoms with van der Waals surface area (Å²) in [4.78, 5) is 26.4. The van der Waals surface area contributed by atoms with Gasteiger partial charge in [0.15, 0.2) is 0 Å². The largest absolute Gasteiger partial charge is 0.416 e. The Bertz CT molecular complexity index is 897. The molecule has 1 saturated heterocycles. The van der Waals surface area contributed by atoms with Gasteiger partial charge < -0.3 is 10.6 Å². The molecule has 0 saturated carbocycles. The van der Waals surface area contributed by atoms with Gasteiger partial charge >= 0.3 is 6.18 Å². The zero-order valence-electron chi connectivity index (χ0n) is 16.6. The molecule has 1 unspecified atom stereocenters. The first-order chi connectivity index (χ1) is 14.2. The molecule has 1 atom stereocenters. The number of amides is 2. The van der Waals surface area contributed by atoms with E-state index in [1.807, 2.05) is 0 Å². The normalized spacial score (nSPS) is 17.5. The summed E-state index contributed by atoms with van der Waals surface area (Å²) in [5.41, 5.74) is -0.337. The van der Waals surface area contributed by atoms with Crippen molar-refractivity contribution in [1.29, 1.82) is 0 Å². The Hall–Kier alpha value is -2.88. The first-order valence-electron chi connectivity index (χ1n) is 9.71. The van der Waals surface area contributed by atoms with Crippen molar-refractivity contribution in [3.63, 3.8) is 0 Å². The van der Waals surface area contributed by atoms with Crippen LogP contribution in [0.2, 0.25) is 0 Å². The van der Waals surface area contributed by atoms with Gasteiger partial charge in [-0.1, -0.05) is 13.0 Å². The Morgan fingerprint density at radius 1 is 1.17 bits per heavy atom. The number of carbonyl (C=O) groups excluding carboxylic acids is 2. The third kappa shape index (κ3) is 6.31. The Labute approximate surface area is 172 Å². The number of piperidine rings is 1. The molecule has 1 aromatic carbocycles. The molecule has 2 aromatic rings. The third-order valence-electron chi connectivity index (χ3n) is 4.80. The van der Waals surface area contributed by atoms with Gasteiger partial charge in [-0.15, -0.1) is 0 Å². The van der Waals surface area contributed by atoms with Crippen LogP contribution in [0.25, 0.3) is 0 Å². The number of halogens is 3. The van der Waals surface area contributed by atoms with E-state index in [2.05, 4.69) is 27.6 Å². The van der Waals surface area contributed by atoms with Crippen molar-refractivity contribution in [2.75, 3.05) is 30.3 Å². The standard InChI is InChI=1S/C20H24F3N5O2/c1-14-4-3-7-27(10-14)12-18(29)26-17-9-24-28(11-17)13-19(30)25-16-6-2-5-15(8-16)20(21,22)23/h2,5-6,8-9,11,14H,3-4,7,10,12-13H2,1H3,(H,25,30)(H,26,29). The van der Waals surface area contributed by atoms with Crippen molar-refractivity contribution >= 4 is 23.2 Å². The number of rotatable bonds is 6. The van der Waals surface area contributed by atoms with E-state index < -0.39 is 17.6 Å².